The van der Waals surface area contributed by atoms with E-state index in [4.69, 9.17) is 0 Å². The Balaban J connectivity index is 1.27. The number of carbonyl (C=O) groups excluding carboxylic acids is 2. The van der Waals surface area contributed by atoms with Crippen LogP contribution in [0.15, 0.2) is 42.6 Å². The first-order chi connectivity index (χ1) is 15.0. The molecule has 0 saturated carbocycles. The van der Waals surface area contributed by atoms with Gasteiger partial charge in [-0.25, -0.2) is 8.78 Å². The fraction of sp³-hybridized carbons (Fsp3) is 0.364. The molecule has 0 aliphatic carbocycles. The molecular weight excluding hydrogens is 404 g/mol. The van der Waals surface area contributed by atoms with E-state index < -0.39 is 17.5 Å². The van der Waals surface area contributed by atoms with E-state index in [9.17, 15) is 18.4 Å². The Morgan fingerprint density at radius 1 is 1.16 bits per heavy atom. The fourth-order valence-corrected chi connectivity index (χ4v) is 3.92. The van der Waals surface area contributed by atoms with Crippen LogP contribution in [0.4, 0.5) is 8.78 Å². The van der Waals surface area contributed by atoms with Gasteiger partial charge in [-0.05, 0) is 43.5 Å². The highest BCUT2D eigenvalue weighted by atomic mass is 19.1. The number of piperidine rings is 1. The van der Waals surface area contributed by atoms with Crippen molar-refractivity contribution in [2.75, 3.05) is 19.6 Å². The Kier molecular flexibility index (Phi) is 6.20. The number of fused-ring (bicyclic) bond motifs is 1. The summed E-state index contributed by atoms with van der Waals surface area (Å²) in [5, 5.41) is 11.1. The van der Waals surface area contributed by atoms with Gasteiger partial charge in [-0.2, -0.15) is 0 Å². The van der Waals surface area contributed by atoms with E-state index in [1.807, 2.05) is 33.7 Å². The van der Waals surface area contributed by atoms with Crippen LogP contribution in [-0.2, 0) is 4.79 Å². The number of benzene rings is 1. The predicted molar refractivity (Wildman–Crippen MR) is 109 cm³/mol. The van der Waals surface area contributed by atoms with Gasteiger partial charge >= 0.3 is 0 Å². The first-order valence-electron chi connectivity index (χ1n) is 10.3. The summed E-state index contributed by atoms with van der Waals surface area (Å²) in [7, 11) is 0. The molecule has 0 bridgehead atoms. The number of hydrogen-bond acceptors (Lipinski definition) is 4. The number of carbonyl (C=O) groups is 2. The molecule has 1 aliphatic rings. The molecular formula is C22H23F2N5O2. The minimum absolute atomic E-state index is 0.0146. The maximum Gasteiger partial charge on any atom is 0.254 e. The number of rotatable bonds is 6. The van der Waals surface area contributed by atoms with E-state index in [0.29, 0.717) is 25.6 Å². The zero-order valence-corrected chi connectivity index (χ0v) is 16.9. The lowest BCUT2D eigenvalue weighted by Gasteiger charge is -2.32. The standard InChI is InChI=1S/C22H23F2N5O2/c23-16-8-9-17(18(24)13-16)22(31)25-10-3-7-20(30)28-11-4-5-15(14-28)21-27-26-19-6-1-2-12-29(19)21/h1-2,6,8-9,12-13,15H,3-5,7,10-11,14H2,(H,25,31). The van der Waals surface area contributed by atoms with Crippen LogP contribution in [-0.4, -0.2) is 50.9 Å². The molecule has 1 unspecified atom stereocenters. The van der Waals surface area contributed by atoms with Crippen molar-refractivity contribution < 1.29 is 18.4 Å². The third-order valence-corrected chi connectivity index (χ3v) is 5.51. The number of halogens is 2. The van der Waals surface area contributed by atoms with E-state index >= 15 is 0 Å². The minimum Gasteiger partial charge on any atom is -0.352 e. The second-order valence-electron chi connectivity index (χ2n) is 7.65. The fourth-order valence-electron chi connectivity index (χ4n) is 3.92. The lowest BCUT2D eigenvalue weighted by molar-refractivity contribution is -0.132. The third-order valence-electron chi connectivity index (χ3n) is 5.51. The normalized spacial score (nSPS) is 16.5. The maximum absolute atomic E-state index is 13.7. The van der Waals surface area contributed by atoms with Crippen molar-refractivity contribution in [2.24, 2.45) is 0 Å². The van der Waals surface area contributed by atoms with Crippen molar-refractivity contribution in [2.45, 2.75) is 31.6 Å². The summed E-state index contributed by atoms with van der Waals surface area (Å²) in [4.78, 5) is 26.5. The molecule has 1 N–H and O–H groups in total. The first-order valence-corrected chi connectivity index (χ1v) is 10.3. The van der Waals surface area contributed by atoms with Crippen LogP contribution < -0.4 is 5.32 Å². The van der Waals surface area contributed by atoms with Gasteiger partial charge in [0.1, 0.15) is 17.5 Å². The zero-order valence-electron chi connectivity index (χ0n) is 16.9. The molecule has 1 saturated heterocycles. The Hall–Kier alpha value is -3.36. The topological polar surface area (TPSA) is 79.6 Å². The number of aromatic nitrogens is 3. The summed E-state index contributed by atoms with van der Waals surface area (Å²) >= 11 is 0. The number of likely N-dealkylation sites (tertiary alicyclic amines) is 1. The van der Waals surface area contributed by atoms with Crippen LogP contribution in [0.2, 0.25) is 0 Å². The molecule has 2 amide bonds. The third kappa shape index (κ3) is 4.70. The molecule has 162 valence electrons. The molecule has 1 aliphatic heterocycles. The van der Waals surface area contributed by atoms with Gasteiger partial charge in [-0.3, -0.25) is 14.0 Å². The molecule has 4 rings (SSSR count). The Labute approximate surface area is 178 Å². The lowest BCUT2D eigenvalue weighted by atomic mass is 9.97. The monoisotopic (exact) mass is 427 g/mol. The SMILES string of the molecule is O=C(NCCCC(=O)N1CCCC(c2nnc3ccccn23)C1)c1ccc(F)cc1F. The summed E-state index contributed by atoms with van der Waals surface area (Å²) in [5.41, 5.74) is 0.571. The average molecular weight is 427 g/mol. The van der Waals surface area contributed by atoms with Crippen LogP contribution in [0.5, 0.6) is 0 Å². The summed E-state index contributed by atoms with van der Waals surface area (Å²) in [5.74, 6) is -1.27. The van der Waals surface area contributed by atoms with Gasteiger partial charge in [0.25, 0.3) is 5.91 Å². The van der Waals surface area contributed by atoms with Crippen molar-refractivity contribution in [3.05, 3.63) is 65.6 Å². The number of pyridine rings is 1. The second kappa shape index (κ2) is 9.20. The van der Waals surface area contributed by atoms with Crippen molar-refractivity contribution in [3.8, 4) is 0 Å². The predicted octanol–water partition coefficient (Wildman–Crippen LogP) is 2.92. The minimum atomic E-state index is -0.908. The molecule has 31 heavy (non-hydrogen) atoms. The Morgan fingerprint density at radius 3 is 2.87 bits per heavy atom. The maximum atomic E-state index is 13.7. The van der Waals surface area contributed by atoms with Crippen molar-refractivity contribution in [1.82, 2.24) is 24.8 Å². The summed E-state index contributed by atoms with van der Waals surface area (Å²) in [6, 6.07) is 8.55. The van der Waals surface area contributed by atoms with E-state index in [1.54, 1.807) is 0 Å². The van der Waals surface area contributed by atoms with Gasteiger partial charge in [0.05, 0.1) is 5.56 Å². The number of nitrogens with one attached hydrogen (secondary N) is 1. The smallest absolute Gasteiger partial charge is 0.254 e. The quantitative estimate of drug-likeness (QED) is 0.614. The van der Waals surface area contributed by atoms with E-state index in [2.05, 4.69) is 15.5 Å². The van der Waals surface area contributed by atoms with Gasteiger partial charge in [0.15, 0.2) is 5.65 Å². The second-order valence-corrected chi connectivity index (χ2v) is 7.65. The van der Waals surface area contributed by atoms with Gasteiger partial charge in [-0.1, -0.05) is 6.07 Å². The molecule has 9 heteroatoms. The van der Waals surface area contributed by atoms with Gasteiger partial charge in [-0.15, -0.1) is 10.2 Å². The molecule has 1 fully saturated rings. The zero-order chi connectivity index (χ0) is 21.8. The van der Waals surface area contributed by atoms with Crippen LogP contribution in [0, 0.1) is 11.6 Å². The molecule has 1 atom stereocenters. The van der Waals surface area contributed by atoms with Crippen LogP contribution in [0.3, 0.4) is 0 Å². The van der Waals surface area contributed by atoms with Crippen LogP contribution >= 0.6 is 0 Å². The Morgan fingerprint density at radius 2 is 2.03 bits per heavy atom. The highest BCUT2D eigenvalue weighted by Crippen LogP contribution is 2.26. The highest BCUT2D eigenvalue weighted by molar-refractivity contribution is 5.94. The molecule has 0 spiro atoms. The summed E-state index contributed by atoms with van der Waals surface area (Å²) in [6.45, 7) is 1.51. The van der Waals surface area contributed by atoms with Crippen LogP contribution in [0.1, 0.15) is 47.8 Å². The molecule has 3 heterocycles. The number of hydrogen-bond donors (Lipinski definition) is 1. The van der Waals surface area contributed by atoms with E-state index in [0.717, 1.165) is 36.4 Å². The highest BCUT2D eigenvalue weighted by Gasteiger charge is 2.27. The average Bonchev–Trinajstić information content (AvgIpc) is 3.21. The molecule has 3 aromatic rings. The largest absolute Gasteiger partial charge is 0.352 e. The summed E-state index contributed by atoms with van der Waals surface area (Å²) < 4.78 is 28.6. The van der Waals surface area contributed by atoms with Gasteiger partial charge in [0, 0.05) is 44.2 Å². The van der Waals surface area contributed by atoms with E-state index in [-0.39, 0.29) is 30.4 Å². The summed E-state index contributed by atoms with van der Waals surface area (Å²) in [6.07, 6.45) is 4.47. The van der Waals surface area contributed by atoms with Gasteiger partial charge < -0.3 is 10.2 Å². The van der Waals surface area contributed by atoms with Crippen molar-refractivity contribution in [3.63, 3.8) is 0 Å². The molecule has 1 aromatic carbocycles. The van der Waals surface area contributed by atoms with E-state index in [1.165, 1.54) is 0 Å². The van der Waals surface area contributed by atoms with Gasteiger partial charge in [0.2, 0.25) is 5.91 Å². The number of nitrogens with zero attached hydrogens (tertiary/aromatic N) is 4. The lowest BCUT2D eigenvalue weighted by Crippen LogP contribution is -2.39. The molecule has 0 radical (unpaired) electrons. The molecule has 2 aromatic heterocycles. The first kappa shape index (κ1) is 20.9. The Bertz CT molecular complexity index is 1100. The van der Waals surface area contributed by atoms with Crippen LogP contribution in [0.25, 0.3) is 5.65 Å². The van der Waals surface area contributed by atoms with Crippen molar-refractivity contribution in [1.29, 1.82) is 0 Å². The molecule has 7 nitrogen and oxygen atoms in total. The number of amides is 2. The van der Waals surface area contributed by atoms with Crippen molar-refractivity contribution >= 4 is 17.5 Å².